The number of hydrogen-bond acceptors (Lipinski definition) is 6. The number of ether oxygens (including phenoxy) is 2. The third-order valence-electron chi connectivity index (χ3n) is 3.86. The lowest BCUT2D eigenvalue weighted by Gasteiger charge is -2.15. The predicted molar refractivity (Wildman–Crippen MR) is 86.5 cm³/mol. The normalized spacial score (nSPS) is 16.6. The van der Waals surface area contributed by atoms with E-state index in [0.717, 1.165) is 6.07 Å². The largest absolute Gasteiger partial charge is 0.385 e. The van der Waals surface area contributed by atoms with Gasteiger partial charge >= 0.3 is 0 Å². The van der Waals surface area contributed by atoms with Crippen molar-refractivity contribution in [1.82, 2.24) is 10.5 Å². The topological polar surface area (TPSA) is 96.2 Å². The van der Waals surface area contributed by atoms with E-state index in [-0.39, 0.29) is 25.3 Å². The number of aromatic nitrogens is 1. The van der Waals surface area contributed by atoms with Gasteiger partial charge in [0.1, 0.15) is 6.10 Å². The molecule has 1 unspecified atom stereocenters. The molecule has 3 rings (SSSR count). The van der Waals surface area contributed by atoms with Gasteiger partial charge in [-0.05, 0) is 18.2 Å². The average molecular weight is 383 g/mol. The van der Waals surface area contributed by atoms with Crippen LogP contribution in [0, 0.1) is 17.5 Å². The molecule has 3 N–H and O–H groups in total. The van der Waals surface area contributed by atoms with Gasteiger partial charge in [-0.15, -0.1) is 0 Å². The van der Waals surface area contributed by atoms with Crippen molar-refractivity contribution in [3.05, 3.63) is 64.7 Å². The Hall–Kier alpha value is -2.53. The summed E-state index contributed by atoms with van der Waals surface area (Å²) in [6.07, 6.45) is -0.877. The number of hydrogen-bond donors (Lipinski definition) is 3. The van der Waals surface area contributed by atoms with E-state index in [4.69, 9.17) is 9.47 Å². The molecule has 1 atom stereocenters. The van der Waals surface area contributed by atoms with Crippen molar-refractivity contribution in [1.29, 1.82) is 0 Å². The van der Waals surface area contributed by atoms with Gasteiger partial charge in [0, 0.05) is 11.8 Å². The summed E-state index contributed by atoms with van der Waals surface area (Å²) in [5.74, 6) is -5.26. The molecule has 1 saturated heterocycles. The van der Waals surface area contributed by atoms with Crippen molar-refractivity contribution < 1.29 is 33.0 Å². The van der Waals surface area contributed by atoms with Crippen molar-refractivity contribution in [3.8, 4) is 0 Å². The maximum atomic E-state index is 14.2. The second kappa shape index (κ2) is 8.44. The van der Waals surface area contributed by atoms with Gasteiger partial charge in [-0.3, -0.25) is 20.7 Å². The number of nitrogens with one attached hydrogen (secondary N) is 1. The molecule has 1 fully saturated rings. The maximum Gasteiger partial charge on any atom is 0.195 e. The minimum atomic E-state index is -1.75. The highest BCUT2D eigenvalue weighted by atomic mass is 19.2. The van der Waals surface area contributed by atoms with E-state index >= 15 is 0 Å². The molecule has 7 nitrogen and oxygen atoms in total. The first-order valence-electron chi connectivity index (χ1n) is 7.97. The second-order valence-electron chi connectivity index (χ2n) is 5.60. The molecule has 0 saturated carbocycles. The summed E-state index contributed by atoms with van der Waals surface area (Å²) in [4.78, 5) is 7.79. The third kappa shape index (κ3) is 4.08. The number of nitrogens with zero attached hydrogens (tertiary/aromatic N) is 2. The minimum absolute atomic E-state index is 0.175. The lowest BCUT2D eigenvalue weighted by atomic mass is 10.1. The van der Waals surface area contributed by atoms with Crippen LogP contribution in [0.5, 0.6) is 0 Å². The van der Waals surface area contributed by atoms with E-state index in [1.165, 1.54) is 6.20 Å². The van der Waals surface area contributed by atoms with Gasteiger partial charge < -0.3 is 14.6 Å². The molecule has 10 heteroatoms. The fourth-order valence-corrected chi connectivity index (χ4v) is 2.53. The number of pyridine rings is 1. The second-order valence-corrected chi connectivity index (χ2v) is 5.60. The zero-order chi connectivity index (χ0) is 19.4. The van der Waals surface area contributed by atoms with Crippen molar-refractivity contribution in [2.24, 2.45) is 4.99 Å². The van der Waals surface area contributed by atoms with Gasteiger partial charge in [-0.25, -0.2) is 13.2 Å². The minimum Gasteiger partial charge on any atom is -0.385 e. The Kier molecular flexibility index (Phi) is 6.01. The molecule has 1 aliphatic heterocycles. The highest BCUT2D eigenvalue weighted by Gasteiger charge is 2.29. The summed E-state index contributed by atoms with van der Waals surface area (Å²) < 4.78 is 52.5. The summed E-state index contributed by atoms with van der Waals surface area (Å²) in [7, 11) is 0. The van der Waals surface area contributed by atoms with Crippen LogP contribution in [0.2, 0.25) is 0 Å². The molecule has 144 valence electrons. The standard InChI is InChI=1S/C17H16F3N3O4/c18-13-9(7-10(14(19)15(13)20)17-26-5-6-27-17)16(23-25)22-8-12(24)11-3-1-2-4-21-11/h1-4,7,12,17,24-25H,5-6,8H2,(H,22,23). The van der Waals surface area contributed by atoms with E-state index in [1.807, 2.05) is 0 Å². The summed E-state index contributed by atoms with van der Waals surface area (Å²) in [5, 5.41) is 19.3. The highest BCUT2D eigenvalue weighted by molar-refractivity contribution is 5.98. The van der Waals surface area contributed by atoms with Crippen LogP contribution in [0.3, 0.4) is 0 Å². The van der Waals surface area contributed by atoms with Crippen LogP contribution in [0.25, 0.3) is 0 Å². The number of aliphatic imine (C=N–C) groups is 1. The number of hydroxylamine groups is 1. The Morgan fingerprint density at radius 3 is 2.59 bits per heavy atom. The number of aliphatic hydroxyl groups is 1. The summed E-state index contributed by atoms with van der Waals surface area (Å²) in [5.41, 5.74) is 1.03. The maximum absolute atomic E-state index is 14.2. The molecule has 1 aromatic carbocycles. The Morgan fingerprint density at radius 2 is 1.96 bits per heavy atom. The van der Waals surface area contributed by atoms with E-state index in [2.05, 4.69) is 9.98 Å². The molecule has 0 aliphatic carbocycles. The quantitative estimate of drug-likeness (QED) is 0.316. The Bertz CT molecular complexity index is 830. The first-order valence-corrected chi connectivity index (χ1v) is 7.97. The smallest absolute Gasteiger partial charge is 0.195 e. The fourth-order valence-electron chi connectivity index (χ4n) is 2.53. The predicted octanol–water partition coefficient (Wildman–Crippen LogP) is 2.00. The molecule has 0 spiro atoms. The summed E-state index contributed by atoms with van der Waals surface area (Å²) >= 11 is 0. The van der Waals surface area contributed by atoms with Crippen LogP contribution in [0.15, 0.2) is 35.5 Å². The van der Waals surface area contributed by atoms with Gasteiger partial charge in [-0.2, -0.15) is 0 Å². The van der Waals surface area contributed by atoms with Gasteiger partial charge in [0.25, 0.3) is 0 Å². The lowest BCUT2D eigenvalue weighted by molar-refractivity contribution is -0.0469. The Labute approximate surface area is 152 Å². The first-order chi connectivity index (χ1) is 13.0. The molecule has 1 aliphatic rings. The van der Waals surface area contributed by atoms with E-state index in [9.17, 15) is 23.5 Å². The van der Waals surface area contributed by atoms with E-state index in [0.29, 0.717) is 5.69 Å². The molecular formula is C17H16F3N3O4. The van der Waals surface area contributed by atoms with E-state index in [1.54, 1.807) is 23.7 Å². The zero-order valence-electron chi connectivity index (χ0n) is 13.9. The lowest BCUT2D eigenvalue weighted by Crippen LogP contribution is -2.24. The fraction of sp³-hybridized carbons (Fsp3) is 0.294. The highest BCUT2D eigenvalue weighted by Crippen LogP contribution is 2.30. The number of halogens is 3. The number of amidine groups is 1. The van der Waals surface area contributed by atoms with Crippen molar-refractivity contribution in [2.45, 2.75) is 12.4 Å². The van der Waals surface area contributed by atoms with Crippen LogP contribution >= 0.6 is 0 Å². The third-order valence-corrected chi connectivity index (χ3v) is 3.86. The van der Waals surface area contributed by atoms with Gasteiger partial charge in [0.15, 0.2) is 29.6 Å². The SMILES string of the molecule is ONC(=NCC(O)c1ccccn1)c1cc(C2OCCO2)c(F)c(F)c1F. The van der Waals surface area contributed by atoms with Crippen LogP contribution in [0.4, 0.5) is 13.2 Å². The number of aliphatic hydroxyl groups excluding tert-OH is 1. The van der Waals surface area contributed by atoms with Crippen molar-refractivity contribution >= 4 is 5.84 Å². The average Bonchev–Trinajstić information content (AvgIpc) is 3.23. The number of rotatable bonds is 5. The molecule has 0 radical (unpaired) electrons. The Morgan fingerprint density at radius 1 is 1.22 bits per heavy atom. The first kappa shape index (κ1) is 19.2. The zero-order valence-corrected chi connectivity index (χ0v) is 13.9. The number of benzene rings is 1. The van der Waals surface area contributed by atoms with E-state index < -0.39 is 41.2 Å². The molecule has 1 aromatic heterocycles. The van der Waals surface area contributed by atoms with Crippen molar-refractivity contribution in [2.75, 3.05) is 19.8 Å². The molecular weight excluding hydrogens is 367 g/mol. The van der Waals surface area contributed by atoms with Gasteiger partial charge in [0.05, 0.1) is 31.0 Å². The molecule has 0 amide bonds. The van der Waals surface area contributed by atoms with Crippen molar-refractivity contribution in [3.63, 3.8) is 0 Å². The van der Waals surface area contributed by atoms with Crippen LogP contribution in [-0.4, -0.2) is 40.9 Å². The molecule has 27 heavy (non-hydrogen) atoms. The monoisotopic (exact) mass is 383 g/mol. The van der Waals surface area contributed by atoms with Crippen LogP contribution in [0.1, 0.15) is 29.2 Å². The van der Waals surface area contributed by atoms with Crippen LogP contribution in [-0.2, 0) is 9.47 Å². The molecule has 0 bridgehead atoms. The summed E-state index contributed by atoms with van der Waals surface area (Å²) in [6.45, 7) is 0.0336. The molecule has 2 aromatic rings. The van der Waals surface area contributed by atoms with Gasteiger partial charge in [-0.1, -0.05) is 6.07 Å². The summed E-state index contributed by atoms with van der Waals surface area (Å²) in [6, 6.07) is 5.80. The molecule has 2 heterocycles. The van der Waals surface area contributed by atoms with Crippen LogP contribution < -0.4 is 5.48 Å². The van der Waals surface area contributed by atoms with Gasteiger partial charge in [0.2, 0.25) is 0 Å². The Balaban J connectivity index is 1.92.